The molecular weight excluding hydrogens is 302 g/mol. The molecule has 0 unspecified atom stereocenters. The Labute approximate surface area is 140 Å². The van der Waals surface area contributed by atoms with Crippen molar-refractivity contribution < 1.29 is 14.6 Å². The molecule has 4 nitrogen and oxygen atoms in total. The van der Waals surface area contributed by atoms with Crippen molar-refractivity contribution in [3.05, 3.63) is 78.0 Å². The van der Waals surface area contributed by atoms with Crippen LogP contribution in [0.15, 0.2) is 66.9 Å². The first-order chi connectivity index (χ1) is 11.7. The lowest BCUT2D eigenvalue weighted by atomic mass is 10.0. The van der Waals surface area contributed by atoms with Gasteiger partial charge >= 0.3 is 5.97 Å². The Morgan fingerprint density at radius 2 is 1.83 bits per heavy atom. The van der Waals surface area contributed by atoms with Crippen molar-refractivity contribution >= 4 is 5.97 Å². The molecule has 3 aromatic rings. The van der Waals surface area contributed by atoms with Gasteiger partial charge in [-0.25, -0.2) is 9.78 Å². The van der Waals surface area contributed by atoms with Crippen LogP contribution in [0.25, 0.3) is 11.1 Å². The van der Waals surface area contributed by atoms with Crippen LogP contribution in [0.5, 0.6) is 11.6 Å². The van der Waals surface area contributed by atoms with Crippen LogP contribution in [-0.2, 0) is 6.42 Å². The third-order valence-electron chi connectivity index (χ3n) is 3.71. The maximum atomic E-state index is 11.4. The maximum absolute atomic E-state index is 11.4. The molecule has 3 rings (SSSR count). The number of nitrogens with zero attached hydrogens (tertiary/aromatic N) is 1. The van der Waals surface area contributed by atoms with Crippen LogP contribution in [0.1, 0.15) is 22.8 Å². The largest absolute Gasteiger partial charge is 0.478 e. The number of aryl methyl sites for hydroxylation is 1. The monoisotopic (exact) mass is 319 g/mol. The molecule has 0 aliphatic rings. The van der Waals surface area contributed by atoms with Gasteiger partial charge in [0.1, 0.15) is 5.75 Å². The van der Waals surface area contributed by atoms with E-state index in [2.05, 4.69) is 11.9 Å². The molecule has 0 saturated carbocycles. The van der Waals surface area contributed by atoms with Crippen LogP contribution in [0.4, 0.5) is 0 Å². The summed E-state index contributed by atoms with van der Waals surface area (Å²) in [7, 11) is 0. The summed E-state index contributed by atoms with van der Waals surface area (Å²) in [5.41, 5.74) is 3.15. The number of aromatic nitrogens is 1. The van der Waals surface area contributed by atoms with E-state index >= 15 is 0 Å². The van der Waals surface area contributed by atoms with Gasteiger partial charge in [-0.15, -0.1) is 0 Å². The second-order valence-electron chi connectivity index (χ2n) is 5.37. The fourth-order valence-corrected chi connectivity index (χ4v) is 2.41. The molecule has 2 aromatic carbocycles. The minimum absolute atomic E-state index is 0.179. The highest BCUT2D eigenvalue weighted by molar-refractivity contribution is 5.90. The van der Waals surface area contributed by atoms with E-state index in [0.717, 1.165) is 17.5 Å². The summed E-state index contributed by atoms with van der Waals surface area (Å²) in [6, 6.07) is 18.4. The third-order valence-corrected chi connectivity index (χ3v) is 3.71. The van der Waals surface area contributed by atoms with Gasteiger partial charge in [-0.3, -0.25) is 0 Å². The SMILES string of the molecule is CCc1ccc(-c2cc(Oc3ccccn3)cc(C(=O)O)c2)cc1. The number of benzene rings is 2. The average Bonchev–Trinajstić information content (AvgIpc) is 2.62. The van der Waals surface area contributed by atoms with Gasteiger partial charge in [0.05, 0.1) is 5.56 Å². The lowest BCUT2D eigenvalue weighted by Gasteiger charge is -2.10. The Bertz CT molecular complexity index is 843. The highest BCUT2D eigenvalue weighted by Crippen LogP contribution is 2.29. The van der Waals surface area contributed by atoms with Gasteiger partial charge in [0, 0.05) is 12.3 Å². The summed E-state index contributed by atoms with van der Waals surface area (Å²) in [5.74, 6) is -0.122. The fraction of sp³-hybridized carbons (Fsp3) is 0.100. The van der Waals surface area contributed by atoms with Crippen molar-refractivity contribution in [2.24, 2.45) is 0 Å². The standard InChI is InChI=1S/C20H17NO3/c1-2-14-6-8-15(9-7-14)16-11-17(20(22)23)13-18(12-16)24-19-5-3-4-10-21-19/h3-13H,2H2,1H3,(H,22,23). The number of carbonyl (C=O) groups is 1. The van der Waals surface area contributed by atoms with Crippen LogP contribution < -0.4 is 4.74 Å². The molecule has 0 spiro atoms. The molecule has 0 fully saturated rings. The number of hydrogen-bond donors (Lipinski definition) is 1. The molecule has 1 N–H and O–H groups in total. The molecule has 1 heterocycles. The first-order valence-corrected chi connectivity index (χ1v) is 7.72. The molecule has 4 heteroatoms. The van der Waals surface area contributed by atoms with Crippen LogP contribution in [0, 0.1) is 0 Å². The Balaban J connectivity index is 2.00. The van der Waals surface area contributed by atoms with E-state index < -0.39 is 5.97 Å². The van der Waals surface area contributed by atoms with E-state index in [9.17, 15) is 9.90 Å². The third kappa shape index (κ3) is 3.60. The van der Waals surface area contributed by atoms with E-state index in [1.807, 2.05) is 36.4 Å². The molecule has 0 radical (unpaired) electrons. The highest BCUT2D eigenvalue weighted by Gasteiger charge is 2.10. The number of ether oxygens (including phenoxy) is 1. The molecule has 1 aromatic heterocycles. The molecule has 0 saturated heterocycles. The van der Waals surface area contributed by atoms with Gasteiger partial charge in [0.25, 0.3) is 0 Å². The Morgan fingerprint density at radius 3 is 2.46 bits per heavy atom. The van der Waals surface area contributed by atoms with E-state index in [4.69, 9.17) is 4.74 Å². The molecular formula is C20H17NO3. The van der Waals surface area contributed by atoms with Gasteiger partial charge < -0.3 is 9.84 Å². The number of rotatable bonds is 5. The number of hydrogen-bond acceptors (Lipinski definition) is 3. The molecule has 0 amide bonds. The van der Waals surface area contributed by atoms with Crippen molar-refractivity contribution in [2.75, 3.05) is 0 Å². The zero-order valence-electron chi connectivity index (χ0n) is 13.3. The number of carboxylic acids is 1. The summed E-state index contributed by atoms with van der Waals surface area (Å²) >= 11 is 0. The van der Waals surface area contributed by atoms with Crippen molar-refractivity contribution in [3.8, 4) is 22.8 Å². The van der Waals surface area contributed by atoms with Crippen molar-refractivity contribution in [1.29, 1.82) is 0 Å². The van der Waals surface area contributed by atoms with Crippen LogP contribution >= 0.6 is 0 Å². The minimum atomic E-state index is -0.993. The second kappa shape index (κ2) is 6.96. The highest BCUT2D eigenvalue weighted by atomic mass is 16.5. The zero-order chi connectivity index (χ0) is 16.9. The maximum Gasteiger partial charge on any atom is 0.335 e. The smallest absolute Gasteiger partial charge is 0.335 e. The molecule has 0 atom stereocenters. The molecule has 24 heavy (non-hydrogen) atoms. The fourth-order valence-electron chi connectivity index (χ4n) is 2.41. The first-order valence-electron chi connectivity index (χ1n) is 7.72. The zero-order valence-corrected chi connectivity index (χ0v) is 13.3. The molecule has 120 valence electrons. The molecule has 0 aliphatic carbocycles. The van der Waals surface area contributed by atoms with Crippen LogP contribution in [0.3, 0.4) is 0 Å². The van der Waals surface area contributed by atoms with Gasteiger partial charge in [-0.1, -0.05) is 37.3 Å². The summed E-state index contributed by atoms with van der Waals surface area (Å²) in [6.45, 7) is 2.10. The minimum Gasteiger partial charge on any atom is -0.478 e. The average molecular weight is 319 g/mol. The predicted molar refractivity (Wildman–Crippen MR) is 92.5 cm³/mol. The Morgan fingerprint density at radius 1 is 1.04 bits per heavy atom. The summed E-state index contributed by atoms with van der Waals surface area (Å²) in [5, 5.41) is 9.36. The van der Waals surface area contributed by atoms with Crippen LogP contribution in [-0.4, -0.2) is 16.1 Å². The van der Waals surface area contributed by atoms with Gasteiger partial charge in [-0.2, -0.15) is 0 Å². The first kappa shape index (κ1) is 15.7. The summed E-state index contributed by atoms with van der Waals surface area (Å²) in [6.07, 6.45) is 2.59. The van der Waals surface area contributed by atoms with Crippen molar-refractivity contribution in [3.63, 3.8) is 0 Å². The second-order valence-corrected chi connectivity index (χ2v) is 5.37. The lowest BCUT2D eigenvalue weighted by molar-refractivity contribution is 0.0696. The van der Waals surface area contributed by atoms with Crippen molar-refractivity contribution in [1.82, 2.24) is 4.98 Å². The van der Waals surface area contributed by atoms with Crippen molar-refractivity contribution in [2.45, 2.75) is 13.3 Å². The van der Waals surface area contributed by atoms with Crippen LogP contribution in [0.2, 0.25) is 0 Å². The number of carboxylic acid groups (broad SMARTS) is 1. The summed E-state index contributed by atoms with van der Waals surface area (Å²) < 4.78 is 5.70. The number of aromatic carboxylic acids is 1. The van der Waals surface area contributed by atoms with E-state index in [0.29, 0.717) is 11.6 Å². The normalized spacial score (nSPS) is 10.4. The Kier molecular flexibility index (Phi) is 4.57. The number of pyridine rings is 1. The van der Waals surface area contributed by atoms with E-state index in [1.54, 1.807) is 24.4 Å². The predicted octanol–water partition coefficient (Wildman–Crippen LogP) is 4.80. The topological polar surface area (TPSA) is 59.4 Å². The molecule has 0 bridgehead atoms. The summed E-state index contributed by atoms with van der Waals surface area (Å²) in [4.78, 5) is 15.5. The van der Waals surface area contributed by atoms with Gasteiger partial charge in [0.15, 0.2) is 0 Å². The Hall–Kier alpha value is -3.14. The quantitative estimate of drug-likeness (QED) is 0.733. The van der Waals surface area contributed by atoms with Gasteiger partial charge in [0.2, 0.25) is 5.88 Å². The van der Waals surface area contributed by atoms with Gasteiger partial charge in [-0.05, 0) is 47.4 Å². The van der Waals surface area contributed by atoms with E-state index in [1.165, 1.54) is 11.6 Å². The van der Waals surface area contributed by atoms with E-state index in [-0.39, 0.29) is 5.56 Å². The molecule has 0 aliphatic heterocycles. The lowest BCUT2D eigenvalue weighted by Crippen LogP contribution is -1.98.